The third-order valence-electron chi connectivity index (χ3n) is 1.97. The Kier molecular flexibility index (Phi) is 3.27. The lowest BCUT2D eigenvalue weighted by Gasteiger charge is -2.23. The van der Waals surface area contributed by atoms with Crippen LogP contribution in [0.25, 0.3) is 0 Å². The molecular formula is C7H11ClFNO. The molecule has 0 aliphatic carbocycles. The highest BCUT2D eigenvalue weighted by molar-refractivity contribution is 6.64. The molecule has 0 aromatic rings. The van der Waals surface area contributed by atoms with E-state index in [1.165, 1.54) is 0 Å². The Morgan fingerprint density at radius 1 is 1.73 bits per heavy atom. The maximum atomic E-state index is 12.9. The lowest BCUT2D eigenvalue weighted by molar-refractivity contribution is -0.117. The second-order valence-electron chi connectivity index (χ2n) is 2.81. The monoisotopic (exact) mass is 179 g/mol. The molecule has 0 bridgehead atoms. The van der Waals surface area contributed by atoms with Gasteiger partial charge in [-0.05, 0) is 31.0 Å². The fourth-order valence-electron chi connectivity index (χ4n) is 1.31. The number of piperidine rings is 1. The first-order valence-corrected chi connectivity index (χ1v) is 4.13. The summed E-state index contributed by atoms with van der Waals surface area (Å²) in [5, 5.41) is 2.16. The van der Waals surface area contributed by atoms with Gasteiger partial charge in [0.1, 0.15) is 0 Å². The van der Waals surface area contributed by atoms with E-state index in [1.54, 1.807) is 0 Å². The maximum Gasteiger partial charge on any atom is 0.256 e. The molecule has 0 spiro atoms. The van der Waals surface area contributed by atoms with Gasteiger partial charge in [0.15, 0.2) is 6.17 Å². The third kappa shape index (κ3) is 2.42. The highest BCUT2D eigenvalue weighted by atomic mass is 35.5. The minimum atomic E-state index is -1.48. The van der Waals surface area contributed by atoms with Crippen molar-refractivity contribution >= 4 is 16.8 Å². The van der Waals surface area contributed by atoms with Gasteiger partial charge in [-0.15, -0.1) is 0 Å². The van der Waals surface area contributed by atoms with Crippen LogP contribution in [0.2, 0.25) is 0 Å². The van der Waals surface area contributed by atoms with Crippen LogP contribution in [0, 0.1) is 5.92 Å². The molecule has 1 aliphatic rings. The summed E-state index contributed by atoms with van der Waals surface area (Å²) in [5.41, 5.74) is 0. The van der Waals surface area contributed by atoms with Gasteiger partial charge >= 0.3 is 0 Å². The van der Waals surface area contributed by atoms with Gasteiger partial charge in [-0.1, -0.05) is 0 Å². The van der Waals surface area contributed by atoms with Crippen LogP contribution >= 0.6 is 11.6 Å². The molecule has 0 aromatic carbocycles. The lowest BCUT2D eigenvalue weighted by atomic mass is 9.95. The van der Waals surface area contributed by atoms with Crippen molar-refractivity contribution in [1.29, 1.82) is 0 Å². The van der Waals surface area contributed by atoms with Gasteiger partial charge < -0.3 is 5.32 Å². The third-order valence-corrected chi connectivity index (χ3v) is 2.17. The molecular weight excluding hydrogens is 169 g/mol. The van der Waals surface area contributed by atoms with E-state index in [9.17, 15) is 9.18 Å². The summed E-state index contributed by atoms with van der Waals surface area (Å²) in [6.45, 7) is 1.49. The summed E-state index contributed by atoms with van der Waals surface area (Å²) < 4.78 is 12.9. The Balaban J connectivity index is 2.38. The molecule has 2 atom stereocenters. The second kappa shape index (κ2) is 4.02. The normalized spacial score (nSPS) is 28.0. The number of halogens is 2. The SMILES string of the molecule is O=C(Cl)C(F)C1CCCNC1. The quantitative estimate of drug-likeness (QED) is 0.643. The van der Waals surface area contributed by atoms with Crippen molar-refractivity contribution in [2.75, 3.05) is 13.1 Å². The van der Waals surface area contributed by atoms with Crippen LogP contribution in [0.3, 0.4) is 0 Å². The smallest absolute Gasteiger partial charge is 0.256 e. The van der Waals surface area contributed by atoms with Crippen LogP contribution in [0.5, 0.6) is 0 Å². The lowest BCUT2D eigenvalue weighted by Crippen LogP contribution is -2.37. The summed E-state index contributed by atoms with van der Waals surface area (Å²) in [7, 11) is 0. The first-order chi connectivity index (χ1) is 5.22. The van der Waals surface area contributed by atoms with Gasteiger partial charge in [0, 0.05) is 12.5 Å². The Bertz CT molecular complexity index is 147. The molecule has 2 unspecified atom stereocenters. The van der Waals surface area contributed by atoms with Crippen molar-refractivity contribution in [3.05, 3.63) is 0 Å². The van der Waals surface area contributed by atoms with Crippen LogP contribution in [0.1, 0.15) is 12.8 Å². The van der Waals surface area contributed by atoms with Gasteiger partial charge in [0.25, 0.3) is 5.24 Å². The molecule has 0 radical (unpaired) electrons. The van der Waals surface area contributed by atoms with E-state index in [1.807, 2.05) is 0 Å². The summed E-state index contributed by atoms with van der Waals surface area (Å²) in [4.78, 5) is 10.4. The van der Waals surface area contributed by atoms with Gasteiger partial charge in [0.2, 0.25) is 0 Å². The Morgan fingerprint density at radius 3 is 2.91 bits per heavy atom. The standard InChI is InChI=1S/C7H11ClFNO/c8-7(11)6(9)5-2-1-3-10-4-5/h5-6,10H,1-4H2. The highest BCUT2D eigenvalue weighted by Crippen LogP contribution is 2.18. The van der Waals surface area contributed by atoms with Crippen LogP contribution in [-0.4, -0.2) is 24.5 Å². The predicted octanol–water partition coefficient (Wildman–Crippen LogP) is 1.09. The molecule has 1 aliphatic heterocycles. The minimum absolute atomic E-state index is 0.214. The Morgan fingerprint density at radius 2 is 2.45 bits per heavy atom. The number of hydrogen-bond acceptors (Lipinski definition) is 2. The average Bonchev–Trinajstić information content (AvgIpc) is 2.05. The highest BCUT2D eigenvalue weighted by Gasteiger charge is 2.27. The van der Waals surface area contributed by atoms with Gasteiger partial charge in [-0.3, -0.25) is 4.79 Å². The van der Waals surface area contributed by atoms with Gasteiger partial charge in [-0.2, -0.15) is 0 Å². The van der Waals surface area contributed by atoms with Crippen molar-refractivity contribution in [2.45, 2.75) is 19.0 Å². The van der Waals surface area contributed by atoms with Crippen LogP contribution in [0.4, 0.5) is 4.39 Å². The zero-order valence-electron chi connectivity index (χ0n) is 6.15. The largest absolute Gasteiger partial charge is 0.316 e. The number of rotatable bonds is 2. The molecule has 1 rings (SSSR count). The van der Waals surface area contributed by atoms with Crippen molar-refractivity contribution in [2.24, 2.45) is 5.92 Å². The van der Waals surface area contributed by atoms with Crippen LogP contribution in [0.15, 0.2) is 0 Å². The van der Waals surface area contributed by atoms with Gasteiger partial charge in [0.05, 0.1) is 0 Å². The maximum absolute atomic E-state index is 12.9. The Hall–Kier alpha value is -0.150. The number of carbonyl (C=O) groups is 1. The van der Waals surface area contributed by atoms with Crippen molar-refractivity contribution in [1.82, 2.24) is 5.32 Å². The number of alkyl halides is 1. The van der Waals surface area contributed by atoms with Crippen molar-refractivity contribution in [3.8, 4) is 0 Å². The molecule has 2 nitrogen and oxygen atoms in total. The summed E-state index contributed by atoms with van der Waals surface area (Å²) in [6.07, 6.45) is 0.200. The summed E-state index contributed by atoms with van der Waals surface area (Å²) >= 11 is 5.02. The minimum Gasteiger partial charge on any atom is -0.316 e. The van der Waals surface area contributed by atoms with E-state index in [-0.39, 0.29) is 5.92 Å². The molecule has 64 valence electrons. The molecule has 0 amide bonds. The molecule has 0 aromatic heterocycles. The van der Waals surface area contributed by atoms with E-state index in [4.69, 9.17) is 11.6 Å². The number of hydrogen-bond donors (Lipinski definition) is 1. The van der Waals surface area contributed by atoms with E-state index < -0.39 is 11.4 Å². The summed E-state index contributed by atoms with van der Waals surface area (Å²) in [6, 6.07) is 0. The zero-order valence-corrected chi connectivity index (χ0v) is 6.90. The van der Waals surface area contributed by atoms with Crippen molar-refractivity contribution in [3.63, 3.8) is 0 Å². The van der Waals surface area contributed by atoms with Crippen LogP contribution < -0.4 is 5.32 Å². The molecule has 1 fully saturated rings. The van der Waals surface area contributed by atoms with Gasteiger partial charge in [-0.25, -0.2) is 4.39 Å². The summed E-state index contributed by atoms with van der Waals surface area (Å²) in [5.74, 6) is -0.214. The number of carbonyl (C=O) groups excluding carboxylic acids is 1. The van der Waals surface area contributed by atoms with Crippen LogP contribution in [-0.2, 0) is 4.79 Å². The first-order valence-electron chi connectivity index (χ1n) is 3.76. The molecule has 11 heavy (non-hydrogen) atoms. The van der Waals surface area contributed by atoms with E-state index in [2.05, 4.69) is 5.32 Å². The molecule has 0 saturated carbocycles. The van der Waals surface area contributed by atoms with E-state index in [0.29, 0.717) is 6.54 Å². The second-order valence-corrected chi connectivity index (χ2v) is 3.18. The number of nitrogens with one attached hydrogen (secondary N) is 1. The Labute approximate surface area is 70.1 Å². The zero-order chi connectivity index (χ0) is 8.27. The molecule has 1 saturated heterocycles. The first kappa shape index (κ1) is 8.94. The van der Waals surface area contributed by atoms with E-state index in [0.717, 1.165) is 19.4 Å². The fourth-order valence-corrected chi connectivity index (χ4v) is 1.49. The molecule has 1 N–H and O–H groups in total. The average molecular weight is 180 g/mol. The molecule has 4 heteroatoms. The topological polar surface area (TPSA) is 29.1 Å². The van der Waals surface area contributed by atoms with Crippen molar-refractivity contribution < 1.29 is 9.18 Å². The van der Waals surface area contributed by atoms with E-state index >= 15 is 0 Å². The molecule has 1 heterocycles. The fraction of sp³-hybridized carbons (Fsp3) is 0.857. The predicted molar refractivity (Wildman–Crippen MR) is 41.3 cm³/mol.